The molecule has 2 N–H and O–H groups in total. The van der Waals surface area contributed by atoms with Gasteiger partial charge in [0.1, 0.15) is 11.1 Å². The minimum Gasteiger partial charge on any atom is -0.349 e. The zero-order valence-corrected chi connectivity index (χ0v) is 20.9. The number of carbonyl (C=O) groups is 2. The molecule has 0 radical (unpaired) electrons. The topological polar surface area (TPSA) is 100 Å². The highest BCUT2D eigenvalue weighted by molar-refractivity contribution is 5.99. The molecule has 8 nitrogen and oxygen atoms in total. The van der Waals surface area contributed by atoms with Gasteiger partial charge in [-0.1, -0.05) is 49.6 Å². The molecule has 2 saturated carbocycles. The molecule has 2 heterocycles. The smallest absolute Gasteiger partial charge is 0.259 e. The minimum atomic E-state index is -0.515. The molecular weight excluding hydrogens is 454 g/mol. The van der Waals surface area contributed by atoms with E-state index in [0.717, 1.165) is 55.5 Å². The molecule has 2 aliphatic rings. The average Bonchev–Trinajstić information content (AvgIpc) is 3.64. The molecule has 5 rings (SSSR count). The van der Waals surface area contributed by atoms with Gasteiger partial charge >= 0.3 is 0 Å². The van der Waals surface area contributed by atoms with E-state index >= 15 is 0 Å². The molecule has 3 aromatic rings. The summed E-state index contributed by atoms with van der Waals surface area (Å²) in [6, 6.07) is 11.7. The van der Waals surface area contributed by atoms with Gasteiger partial charge in [0.15, 0.2) is 0 Å². The van der Waals surface area contributed by atoms with Crippen LogP contribution in [-0.4, -0.2) is 44.6 Å². The number of hydrogen-bond donors (Lipinski definition) is 2. The van der Waals surface area contributed by atoms with Crippen molar-refractivity contribution in [3.05, 3.63) is 75.8 Å². The van der Waals surface area contributed by atoms with E-state index in [-0.39, 0.29) is 35.2 Å². The number of amides is 2. The maximum atomic E-state index is 13.6. The summed E-state index contributed by atoms with van der Waals surface area (Å²) in [6.07, 6.45) is 10.4. The van der Waals surface area contributed by atoms with Crippen LogP contribution in [0, 0.1) is 0 Å². The van der Waals surface area contributed by atoms with Gasteiger partial charge in [-0.2, -0.15) is 5.10 Å². The Kier molecular flexibility index (Phi) is 6.76. The number of carbonyl (C=O) groups excluding carboxylic acids is 2. The molecule has 2 aromatic heterocycles. The summed E-state index contributed by atoms with van der Waals surface area (Å²) in [5.74, 6) is -0.794. The Morgan fingerprint density at radius 1 is 1.06 bits per heavy atom. The lowest BCUT2D eigenvalue weighted by Crippen LogP contribution is -2.41. The van der Waals surface area contributed by atoms with E-state index in [1.165, 1.54) is 11.3 Å². The highest BCUT2D eigenvalue weighted by Gasteiger charge is 2.30. The summed E-state index contributed by atoms with van der Waals surface area (Å²) >= 11 is 0. The fraction of sp³-hybridized carbons (Fsp3) is 0.429. The van der Waals surface area contributed by atoms with Crippen molar-refractivity contribution in [3.63, 3.8) is 0 Å². The third kappa shape index (κ3) is 4.98. The van der Waals surface area contributed by atoms with Crippen LogP contribution in [0.1, 0.15) is 90.4 Å². The van der Waals surface area contributed by atoms with E-state index in [4.69, 9.17) is 0 Å². The quantitative estimate of drug-likeness (QED) is 0.514. The van der Waals surface area contributed by atoms with Crippen LogP contribution in [0.25, 0.3) is 11.3 Å². The summed E-state index contributed by atoms with van der Waals surface area (Å²) in [4.78, 5) is 41.6. The van der Waals surface area contributed by atoms with Crippen molar-refractivity contribution < 1.29 is 9.59 Å². The lowest BCUT2D eigenvalue weighted by Gasteiger charge is -2.25. The Labute approximate surface area is 210 Å². The third-order valence-electron chi connectivity index (χ3n) is 7.45. The van der Waals surface area contributed by atoms with Crippen molar-refractivity contribution in [2.75, 3.05) is 7.05 Å². The number of aromatic amines is 1. The summed E-state index contributed by atoms with van der Waals surface area (Å²) in [5, 5.41) is 10.5. The molecule has 0 spiro atoms. The second-order valence-electron chi connectivity index (χ2n) is 10.1. The number of pyridine rings is 1. The van der Waals surface area contributed by atoms with Crippen LogP contribution in [0.5, 0.6) is 0 Å². The maximum Gasteiger partial charge on any atom is 0.259 e. The van der Waals surface area contributed by atoms with Crippen molar-refractivity contribution in [3.8, 4) is 11.3 Å². The molecule has 0 unspecified atom stereocenters. The summed E-state index contributed by atoms with van der Waals surface area (Å²) in [6.45, 7) is 1.89. The molecule has 188 valence electrons. The molecule has 8 heteroatoms. The molecule has 0 aliphatic heterocycles. The van der Waals surface area contributed by atoms with E-state index in [1.54, 1.807) is 19.4 Å². The Bertz CT molecular complexity index is 1300. The Hall–Kier alpha value is -3.68. The van der Waals surface area contributed by atoms with Crippen LogP contribution in [0.15, 0.2) is 53.6 Å². The number of nitrogens with zero attached hydrogens (tertiary/aromatic N) is 3. The summed E-state index contributed by atoms with van der Waals surface area (Å²) in [5.41, 5.74) is 2.08. The number of nitrogens with one attached hydrogen (secondary N) is 2. The Morgan fingerprint density at radius 3 is 2.44 bits per heavy atom. The molecule has 2 aliphatic carbocycles. The molecule has 1 aromatic carbocycles. The van der Waals surface area contributed by atoms with Gasteiger partial charge in [0.2, 0.25) is 5.43 Å². The zero-order chi connectivity index (χ0) is 25.2. The van der Waals surface area contributed by atoms with Crippen molar-refractivity contribution >= 4 is 11.8 Å². The molecule has 0 saturated heterocycles. The number of hydrogen-bond acceptors (Lipinski definition) is 4. The monoisotopic (exact) mass is 487 g/mol. The first-order valence-electron chi connectivity index (χ1n) is 12.9. The van der Waals surface area contributed by atoms with Gasteiger partial charge < -0.3 is 14.8 Å². The van der Waals surface area contributed by atoms with Crippen LogP contribution in [0.2, 0.25) is 0 Å². The SMILES string of the molecule is C[C@@H](c1cc(-c2ccccc2)n[nH]1)N(C)C(=O)c1cn(C2CC2)cc(C(=O)NC2CCCCC2)c1=O. The van der Waals surface area contributed by atoms with Crippen molar-refractivity contribution in [1.29, 1.82) is 0 Å². The normalized spacial score (nSPS) is 16.9. The van der Waals surface area contributed by atoms with E-state index in [2.05, 4.69) is 15.5 Å². The average molecular weight is 488 g/mol. The zero-order valence-electron chi connectivity index (χ0n) is 20.9. The highest BCUT2D eigenvalue weighted by Crippen LogP contribution is 2.35. The van der Waals surface area contributed by atoms with Crippen LogP contribution in [0.4, 0.5) is 0 Å². The van der Waals surface area contributed by atoms with Crippen LogP contribution in [-0.2, 0) is 0 Å². The van der Waals surface area contributed by atoms with Gasteiger partial charge in [-0.3, -0.25) is 19.5 Å². The lowest BCUT2D eigenvalue weighted by molar-refractivity contribution is 0.0737. The predicted molar refractivity (Wildman–Crippen MR) is 138 cm³/mol. The van der Waals surface area contributed by atoms with E-state index < -0.39 is 11.3 Å². The van der Waals surface area contributed by atoms with E-state index in [1.807, 2.05) is 47.9 Å². The van der Waals surface area contributed by atoms with Gasteiger partial charge in [0, 0.05) is 37.1 Å². The molecule has 0 bridgehead atoms. The van der Waals surface area contributed by atoms with Gasteiger partial charge in [-0.05, 0) is 38.7 Å². The largest absolute Gasteiger partial charge is 0.349 e. The van der Waals surface area contributed by atoms with Crippen molar-refractivity contribution in [1.82, 2.24) is 25.0 Å². The van der Waals surface area contributed by atoms with E-state index in [0.29, 0.717) is 0 Å². The fourth-order valence-corrected chi connectivity index (χ4v) is 4.89. The van der Waals surface area contributed by atoms with Crippen LogP contribution >= 0.6 is 0 Å². The number of aromatic nitrogens is 3. The molecular formula is C28H33N5O3. The first kappa shape index (κ1) is 24.0. The molecule has 2 amide bonds. The fourth-order valence-electron chi connectivity index (χ4n) is 4.89. The van der Waals surface area contributed by atoms with Crippen molar-refractivity contribution in [2.24, 2.45) is 0 Å². The maximum absolute atomic E-state index is 13.6. The predicted octanol–water partition coefficient (Wildman–Crippen LogP) is 4.47. The van der Waals surface area contributed by atoms with Gasteiger partial charge in [-0.25, -0.2) is 0 Å². The Balaban J connectivity index is 1.40. The summed E-state index contributed by atoms with van der Waals surface area (Å²) < 4.78 is 1.87. The second-order valence-corrected chi connectivity index (χ2v) is 10.1. The first-order valence-corrected chi connectivity index (χ1v) is 12.9. The van der Waals surface area contributed by atoms with Crippen molar-refractivity contribution in [2.45, 2.75) is 70.0 Å². The highest BCUT2D eigenvalue weighted by atomic mass is 16.2. The Morgan fingerprint density at radius 2 is 1.75 bits per heavy atom. The van der Waals surface area contributed by atoms with Gasteiger partial charge in [-0.15, -0.1) is 0 Å². The third-order valence-corrected chi connectivity index (χ3v) is 7.45. The van der Waals surface area contributed by atoms with Crippen LogP contribution in [0.3, 0.4) is 0 Å². The standard InChI is InChI=1S/C28H33N5O3/c1-18(24-15-25(31-30-24)19-9-5-3-6-10-19)32(2)28(36)23-17-33(21-13-14-21)16-22(26(23)34)27(35)29-20-11-7-4-8-12-20/h3,5-6,9-10,15-18,20-21H,4,7-8,11-14H2,1-2H3,(H,29,35)(H,30,31)/t18-/m0/s1. The molecule has 2 fully saturated rings. The molecule has 1 atom stereocenters. The lowest BCUT2D eigenvalue weighted by atomic mass is 9.95. The number of H-pyrrole nitrogens is 1. The second kappa shape index (κ2) is 10.1. The van der Waals surface area contributed by atoms with Crippen LogP contribution < -0.4 is 10.7 Å². The van der Waals surface area contributed by atoms with Gasteiger partial charge in [0.05, 0.1) is 17.4 Å². The number of benzene rings is 1. The summed E-state index contributed by atoms with van der Waals surface area (Å²) in [7, 11) is 1.67. The van der Waals surface area contributed by atoms with E-state index in [9.17, 15) is 14.4 Å². The minimum absolute atomic E-state index is 0.0235. The van der Waals surface area contributed by atoms with Gasteiger partial charge in [0.25, 0.3) is 11.8 Å². The first-order chi connectivity index (χ1) is 17.4. The number of rotatable bonds is 7. The molecule has 36 heavy (non-hydrogen) atoms.